The number of amides is 3. The molecule has 0 saturated carbocycles. The second-order valence-corrected chi connectivity index (χ2v) is 8.61. The quantitative estimate of drug-likeness (QED) is 0.606. The van der Waals surface area contributed by atoms with Gasteiger partial charge in [-0.25, -0.2) is 0 Å². The van der Waals surface area contributed by atoms with Gasteiger partial charge in [0.2, 0.25) is 11.8 Å². The molecule has 2 N–H and O–H groups in total. The van der Waals surface area contributed by atoms with Crippen LogP contribution >= 0.6 is 0 Å². The van der Waals surface area contributed by atoms with Crippen molar-refractivity contribution < 1.29 is 14.4 Å². The number of rotatable bonds is 2. The number of carbonyl (C=O) groups excluding carboxylic acids is 3. The minimum atomic E-state index is -0.272. The van der Waals surface area contributed by atoms with Crippen molar-refractivity contribution in [1.82, 2.24) is 30.3 Å². The van der Waals surface area contributed by atoms with Gasteiger partial charge in [0, 0.05) is 39.3 Å². The average molecular weight is 463 g/mol. The fourth-order valence-electron chi connectivity index (χ4n) is 4.29. The van der Waals surface area contributed by atoms with Crippen molar-refractivity contribution in [2.75, 3.05) is 26.2 Å². The van der Waals surface area contributed by atoms with Crippen LogP contribution in [-0.4, -0.2) is 63.6 Å². The van der Waals surface area contributed by atoms with Crippen LogP contribution < -0.4 is 10.6 Å². The van der Waals surface area contributed by atoms with Crippen molar-refractivity contribution in [1.29, 1.82) is 0 Å². The zero-order valence-electron chi connectivity index (χ0n) is 19.4. The predicted molar refractivity (Wildman–Crippen MR) is 128 cm³/mol. The molecule has 4 rings (SSSR count). The third-order valence-corrected chi connectivity index (χ3v) is 6.20. The Bertz CT molecular complexity index is 1160. The maximum Gasteiger partial charge on any atom is 0.255 e. The predicted octanol–water partition coefficient (Wildman–Crippen LogP) is 2.00. The number of nitrogens with one attached hydrogen (secondary N) is 2. The number of hydrogen-bond donors (Lipinski definition) is 2. The molecule has 3 heterocycles. The molecule has 9 nitrogen and oxygen atoms in total. The molecule has 0 spiro atoms. The van der Waals surface area contributed by atoms with Gasteiger partial charge in [0.15, 0.2) is 0 Å². The lowest BCUT2D eigenvalue weighted by Crippen LogP contribution is -2.42. The topological polar surface area (TPSA) is 109 Å². The van der Waals surface area contributed by atoms with E-state index in [0.717, 1.165) is 23.9 Å². The van der Waals surface area contributed by atoms with Crippen LogP contribution in [0.5, 0.6) is 0 Å². The Kier molecular flexibility index (Phi) is 7.51. The van der Waals surface area contributed by atoms with Crippen molar-refractivity contribution in [3.8, 4) is 0 Å². The summed E-state index contributed by atoms with van der Waals surface area (Å²) in [7, 11) is 1.79. The van der Waals surface area contributed by atoms with E-state index in [-0.39, 0.29) is 30.2 Å². The SMILES string of the molecule is Cn1ncc2ncc(C(=O)N3CCCNC(=O)CCC(c4ccccc4)CCNC(=O)C3)cc21. The molecule has 1 aromatic carbocycles. The maximum absolute atomic E-state index is 13.3. The van der Waals surface area contributed by atoms with Crippen LogP contribution in [0.15, 0.2) is 48.8 Å². The van der Waals surface area contributed by atoms with Crippen LogP contribution in [0.2, 0.25) is 0 Å². The lowest BCUT2D eigenvalue weighted by molar-refractivity contribution is -0.123. The number of aryl methyl sites for hydroxylation is 1. The Balaban J connectivity index is 1.47. The van der Waals surface area contributed by atoms with Crippen LogP contribution in [0.4, 0.5) is 0 Å². The number of aromatic nitrogens is 3. The molecule has 1 saturated heterocycles. The van der Waals surface area contributed by atoms with E-state index >= 15 is 0 Å². The first kappa shape index (κ1) is 23.4. The Labute approximate surface area is 198 Å². The summed E-state index contributed by atoms with van der Waals surface area (Å²) in [5.41, 5.74) is 3.01. The van der Waals surface area contributed by atoms with E-state index in [9.17, 15) is 14.4 Å². The maximum atomic E-state index is 13.3. The molecular formula is C25H30N6O3. The Hall–Kier alpha value is -3.75. The van der Waals surface area contributed by atoms with Crippen molar-refractivity contribution in [2.45, 2.75) is 31.6 Å². The number of benzene rings is 1. The summed E-state index contributed by atoms with van der Waals surface area (Å²) in [5, 5.41) is 10.1. The van der Waals surface area contributed by atoms with Crippen LogP contribution in [-0.2, 0) is 16.6 Å². The second kappa shape index (κ2) is 10.9. The molecule has 0 radical (unpaired) electrons. The van der Waals surface area contributed by atoms with Gasteiger partial charge in [-0.3, -0.25) is 24.0 Å². The summed E-state index contributed by atoms with van der Waals surface area (Å²) in [6.45, 7) is 1.22. The van der Waals surface area contributed by atoms with E-state index in [1.54, 1.807) is 24.0 Å². The van der Waals surface area contributed by atoms with Crippen molar-refractivity contribution in [3.63, 3.8) is 0 Å². The highest BCUT2D eigenvalue weighted by atomic mass is 16.2. The Morgan fingerprint density at radius 2 is 1.82 bits per heavy atom. The zero-order valence-corrected chi connectivity index (χ0v) is 19.4. The average Bonchev–Trinajstić information content (AvgIpc) is 3.22. The van der Waals surface area contributed by atoms with Gasteiger partial charge in [0.1, 0.15) is 5.52 Å². The molecule has 0 aliphatic carbocycles. The fraction of sp³-hybridized carbons (Fsp3) is 0.400. The molecule has 1 aliphatic heterocycles. The molecule has 178 valence electrons. The summed E-state index contributed by atoms with van der Waals surface area (Å²) in [5.74, 6) is -0.294. The standard InChI is InChI=1S/C25H30N6O3/c1-30-22-14-20(15-28-21(22)16-29-30)25(34)31-13-5-11-26-23(32)9-8-19(10-12-27-24(33)17-31)18-6-3-2-4-7-18/h2-4,6-7,14-16,19H,5,8-13,17H2,1H3,(H,26,32)(H,27,33). The van der Waals surface area contributed by atoms with Crippen LogP contribution in [0.3, 0.4) is 0 Å². The van der Waals surface area contributed by atoms with Gasteiger partial charge in [-0.2, -0.15) is 5.10 Å². The monoisotopic (exact) mass is 462 g/mol. The molecule has 34 heavy (non-hydrogen) atoms. The van der Waals surface area contributed by atoms with Gasteiger partial charge in [-0.1, -0.05) is 30.3 Å². The lowest BCUT2D eigenvalue weighted by atomic mass is 9.91. The van der Waals surface area contributed by atoms with Crippen molar-refractivity contribution in [2.24, 2.45) is 7.05 Å². The number of pyridine rings is 1. The summed E-state index contributed by atoms with van der Waals surface area (Å²) in [4.78, 5) is 44.2. The molecule has 1 atom stereocenters. The van der Waals surface area contributed by atoms with E-state index in [2.05, 4.69) is 32.8 Å². The summed E-state index contributed by atoms with van der Waals surface area (Å²) >= 11 is 0. The van der Waals surface area contributed by atoms with E-state index < -0.39 is 0 Å². The molecule has 3 aromatic rings. The van der Waals surface area contributed by atoms with E-state index in [0.29, 0.717) is 43.6 Å². The van der Waals surface area contributed by atoms with Gasteiger partial charge < -0.3 is 15.5 Å². The highest BCUT2D eigenvalue weighted by molar-refractivity contribution is 5.98. The number of hydrogen-bond acceptors (Lipinski definition) is 5. The minimum absolute atomic E-state index is 0.00534. The van der Waals surface area contributed by atoms with E-state index in [4.69, 9.17) is 0 Å². The molecule has 1 fully saturated rings. The number of nitrogens with zero attached hydrogens (tertiary/aromatic N) is 4. The van der Waals surface area contributed by atoms with E-state index in [1.165, 1.54) is 11.1 Å². The molecule has 2 aromatic heterocycles. The molecule has 9 heteroatoms. The van der Waals surface area contributed by atoms with E-state index in [1.807, 2.05) is 18.2 Å². The molecule has 3 amide bonds. The van der Waals surface area contributed by atoms with Crippen LogP contribution in [0.1, 0.15) is 47.5 Å². The zero-order chi connectivity index (χ0) is 23.9. The largest absolute Gasteiger partial charge is 0.356 e. The smallest absolute Gasteiger partial charge is 0.255 e. The first-order chi connectivity index (χ1) is 16.5. The second-order valence-electron chi connectivity index (χ2n) is 8.61. The van der Waals surface area contributed by atoms with Gasteiger partial charge >= 0.3 is 0 Å². The third-order valence-electron chi connectivity index (χ3n) is 6.20. The van der Waals surface area contributed by atoms with Crippen molar-refractivity contribution >= 4 is 28.8 Å². The molecule has 0 bridgehead atoms. The highest BCUT2D eigenvalue weighted by Gasteiger charge is 2.21. The molecule has 1 unspecified atom stereocenters. The highest BCUT2D eigenvalue weighted by Crippen LogP contribution is 2.24. The molecular weight excluding hydrogens is 432 g/mol. The van der Waals surface area contributed by atoms with Gasteiger partial charge in [0.05, 0.1) is 23.8 Å². The normalized spacial score (nSPS) is 18.7. The van der Waals surface area contributed by atoms with Gasteiger partial charge in [-0.05, 0) is 36.8 Å². The number of carbonyl (C=O) groups is 3. The first-order valence-electron chi connectivity index (χ1n) is 11.7. The van der Waals surface area contributed by atoms with Crippen LogP contribution in [0.25, 0.3) is 11.0 Å². The lowest BCUT2D eigenvalue weighted by Gasteiger charge is -2.24. The number of fused-ring (bicyclic) bond motifs is 1. The third kappa shape index (κ3) is 5.78. The summed E-state index contributed by atoms with van der Waals surface area (Å²) < 4.78 is 1.66. The van der Waals surface area contributed by atoms with Crippen LogP contribution in [0, 0.1) is 0 Å². The molecule has 1 aliphatic rings. The first-order valence-corrected chi connectivity index (χ1v) is 11.7. The Morgan fingerprint density at radius 3 is 2.65 bits per heavy atom. The minimum Gasteiger partial charge on any atom is -0.356 e. The Morgan fingerprint density at radius 1 is 1.03 bits per heavy atom. The summed E-state index contributed by atoms with van der Waals surface area (Å²) in [6, 6.07) is 11.8. The van der Waals surface area contributed by atoms with Gasteiger partial charge in [-0.15, -0.1) is 0 Å². The van der Waals surface area contributed by atoms with Gasteiger partial charge in [0.25, 0.3) is 5.91 Å². The fourth-order valence-corrected chi connectivity index (χ4v) is 4.29. The van der Waals surface area contributed by atoms with Crippen molar-refractivity contribution in [3.05, 3.63) is 59.9 Å². The summed E-state index contributed by atoms with van der Waals surface area (Å²) in [6.07, 6.45) is 5.57.